The van der Waals surface area contributed by atoms with E-state index in [9.17, 15) is 4.79 Å². The van der Waals surface area contributed by atoms with Gasteiger partial charge in [-0.1, -0.05) is 12.1 Å². The summed E-state index contributed by atoms with van der Waals surface area (Å²) in [7, 11) is 0. The lowest BCUT2D eigenvalue weighted by molar-refractivity contribution is 0.0857. The maximum atomic E-state index is 12.4. The van der Waals surface area contributed by atoms with E-state index in [1.807, 2.05) is 24.3 Å². The molecule has 1 amide bonds. The van der Waals surface area contributed by atoms with Crippen molar-refractivity contribution in [3.05, 3.63) is 35.4 Å². The van der Waals surface area contributed by atoms with Crippen LogP contribution < -0.4 is 16.0 Å². The van der Waals surface area contributed by atoms with Crippen LogP contribution in [-0.2, 0) is 16.0 Å². The normalized spacial score (nSPS) is 19.0. The van der Waals surface area contributed by atoms with Gasteiger partial charge in [0, 0.05) is 45.0 Å². The van der Waals surface area contributed by atoms with E-state index < -0.39 is 0 Å². The van der Waals surface area contributed by atoms with E-state index in [1.54, 1.807) is 0 Å². The smallest absolute Gasteiger partial charge is 0.251 e. The Hall–Kier alpha value is -2.12. The van der Waals surface area contributed by atoms with Crippen molar-refractivity contribution in [2.75, 3.05) is 39.5 Å². The maximum absolute atomic E-state index is 12.4. The SMILES string of the molecule is CCNC(=NCc1cccc(C(=O)NCC2CCCO2)c1)NCCCOCC1CC1. The lowest BCUT2D eigenvalue weighted by Crippen LogP contribution is -2.38. The average molecular weight is 417 g/mol. The Morgan fingerprint density at radius 1 is 1.23 bits per heavy atom. The zero-order valence-electron chi connectivity index (χ0n) is 18.1. The molecule has 3 rings (SSSR count). The van der Waals surface area contributed by atoms with E-state index in [2.05, 4.69) is 27.9 Å². The molecule has 0 radical (unpaired) electrons. The van der Waals surface area contributed by atoms with Crippen LogP contribution in [0.4, 0.5) is 0 Å². The Morgan fingerprint density at radius 3 is 2.90 bits per heavy atom. The molecule has 1 aliphatic heterocycles. The molecule has 2 aliphatic rings. The number of nitrogens with one attached hydrogen (secondary N) is 3. The topological polar surface area (TPSA) is 84.0 Å². The van der Waals surface area contributed by atoms with Crippen LogP contribution >= 0.6 is 0 Å². The number of aliphatic imine (C=N–C) groups is 1. The van der Waals surface area contributed by atoms with Crippen LogP contribution in [-0.4, -0.2) is 57.4 Å². The fourth-order valence-electron chi connectivity index (χ4n) is 3.35. The highest BCUT2D eigenvalue weighted by molar-refractivity contribution is 5.94. The highest BCUT2D eigenvalue weighted by atomic mass is 16.5. The van der Waals surface area contributed by atoms with Gasteiger partial charge >= 0.3 is 0 Å². The van der Waals surface area contributed by atoms with Gasteiger partial charge in [-0.05, 0) is 62.6 Å². The molecule has 1 saturated heterocycles. The van der Waals surface area contributed by atoms with E-state index in [0.29, 0.717) is 18.7 Å². The van der Waals surface area contributed by atoms with E-state index in [1.165, 1.54) is 12.8 Å². The third kappa shape index (κ3) is 8.32. The van der Waals surface area contributed by atoms with Crippen LogP contribution in [0.3, 0.4) is 0 Å². The van der Waals surface area contributed by atoms with E-state index >= 15 is 0 Å². The van der Waals surface area contributed by atoms with Crippen molar-refractivity contribution in [2.45, 2.75) is 51.7 Å². The van der Waals surface area contributed by atoms with Gasteiger partial charge in [0.1, 0.15) is 0 Å². The Balaban J connectivity index is 1.41. The zero-order valence-corrected chi connectivity index (χ0v) is 18.1. The van der Waals surface area contributed by atoms with E-state index in [0.717, 1.165) is 69.6 Å². The summed E-state index contributed by atoms with van der Waals surface area (Å²) in [5.41, 5.74) is 1.66. The summed E-state index contributed by atoms with van der Waals surface area (Å²) in [6, 6.07) is 7.64. The van der Waals surface area contributed by atoms with Gasteiger partial charge < -0.3 is 25.4 Å². The van der Waals surface area contributed by atoms with Crippen molar-refractivity contribution in [3.8, 4) is 0 Å². The van der Waals surface area contributed by atoms with Crippen LogP contribution in [0.5, 0.6) is 0 Å². The molecular formula is C23H36N4O3. The van der Waals surface area contributed by atoms with Crippen molar-refractivity contribution in [3.63, 3.8) is 0 Å². The average Bonchev–Trinajstić information content (AvgIpc) is 3.44. The Kier molecular flexibility index (Phi) is 9.44. The molecule has 0 aromatic heterocycles. The van der Waals surface area contributed by atoms with Crippen molar-refractivity contribution in [1.29, 1.82) is 0 Å². The predicted molar refractivity (Wildman–Crippen MR) is 119 cm³/mol. The first-order valence-electron chi connectivity index (χ1n) is 11.3. The largest absolute Gasteiger partial charge is 0.381 e. The van der Waals surface area contributed by atoms with Crippen LogP contribution in [0, 0.1) is 5.92 Å². The number of guanidine groups is 1. The fourth-order valence-corrected chi connectivity index (χ4v) is 3.35. The molecule has 1 heterocycles. The molecule has 0 spiro atoms. The number of rotatable bonds is 12. The predicted octanol–water partition coefficient (Wildman–Crippen LogP) is 2.47. The summed E-state index contributed by atoms with van der Waals surface area (Å²) in [5, 5.41) is 9.59. The van der Waals surface area contributed by atoms with Gasteiger partial charge in [0.05, 0.1) is 12.6 Å². The molecule has 30 heavy (non-hydrogen) atoms. The second kappa shape index (κ2) is 12.5. The summed E-state index contributed by atoms with van der Waals surface area (Å²) in [6.07, 6.45) is 5.85. The molecule has 7 nitrogen and oxygen atoms in total. The Labute approximate surface area is 180 Å². The van der Waals surface area contributed by atoms with Crippen LogP contribution in [0.25, 0.3) is 0 Å². The molecule has 7 heteroatoms. The van der Waals surface area contributed by atoms with Gasteiger partial charge in [-0.2, -0.15) is 0 Å². The van der Waals surface area contributed by atoms with Gasteiger partial charge in [0.25, 0.3) is 5.91 Å². The highest BCUT2D eigenvalue weighted by Crippen LogP contribution is 2.28. The molecule has 2 fully saturated rings. The van der Waals surface area contributed by atoms with Crippen molar-refractivity contribution in [2.24, 2.45) is 10.9 Å². The standard InChI is InChI=1S/C23H36N4O3/c1-2-24-23(25-11-5-12-29-17-18-9-10-18)27-15-19-6-3-7-20(14-19)22(28)26-16-21-8-4-13-30-21/h3,6-7,14,18,21H,2,4-5,8-13,15-17H2,1H3,(H,26,28)(H2,24,25,27). The second-order valence-corrected chi connectivity index (χ2v) is 8.04. The van der Waals surface area contributed by atoms with Gasteiger partial charge in [-0.15, -0.1) is 0 Å². The van der Waals surface area contributed by atoms with Gasteiger partial charge in [-0.3, -0.25) is 4.79 Å². The summed E-state index contributed by atoms with van der Waals surface area (Å²) in [6.45, 7) is 7.24. The van der Waals surface area contributed by atoms with Gasteiger partial charge in [0.2, 0.25) is 0 Å². The van der Waals surface area contributed by atoms with E-state index in [-0.39, 0.29) is 12.0 Å². The van der Waals surface area contributed by atoms with Crippen molar-refractivity contribution >= 4 is 11.9 Å². The molecule has 1 aromatic carbocycles. The minimum atomic E-state index is -0.0624. The Morgan fingerprint density at radius 2 is 2.13 bits per heavy atom. The maximum Gasteiger partial charge on any atom is 0.251 e. The lowest BCUT2D eigenvalue weighted by Gasteiger charge is -2.12. The number of ether oxygens (including phenoxy) is 2. The number of benzene rings is 1. The zero-order chi connectivity index (χ0) is 21.0. The first-order chi connectivity index (χ1) is 14.7. The van der Waals surface area contributed by atoms with E-state index in [4.69, 9.17) is 9.47 Å². The third-order valence-electron chi connectivity index (χ3n) is 5.28. The number of hydrogen-bond acceptors (Lipinski definition) is 4. The molecule has 1 unspecified atom stereocenters. The molecule has 3 N–H and O–H groups in total. The summed E-state index contributed by atoms with van der Waals surface area (Å²) >= 11 is 0. The molecule has 166 valence electrons. The Bertz CT molecular complexity index is 685. The minimum absolute atomic E-state index is 0.0624. The van der Waals surface area contributed by atoms with Gasteiger partial charge in [0.15, 0.2) is 5.96 Å². The molecule has 1 aromatic rings. The number of hydrogen-bond donors (Lipinski definition) is 3. The fraction of sp³-hybridized carbons (Fsp3) is 0.652. The molecule has 1 aliphatic carbocycles. The molecule has 1 atom stereocenters. The number of nitrogens with zero attached hydrogens (tertiary/aromatic N) is 1. The number of amides is 1. The molecule has 0 bridgehead atoms. The van der Waals surface area contributed by atoms with Crippen molar-refractivity contribution in [1.82, 2.24) is 16.0 Å². The van der Waals surface area contributed by atoms with Crippen LogP contribution in [0.1, 0.15) is 54.9 Å². The minimum Gasteiger partial charge on any atom is -0.381 e. The molecule has 1 saturated carbocycles. The third-order valence-corrected chi connectivity index (χ3v) is 5.28. The highest BCUT2D eigenvalue weighted by Gasteiger charge is 2.20. The number of carbonyl (C=O) groups is 1. The monoisotopic (exact) mass is 416 g/mol. The van der Waals surface area contributed by atoms with Crippen LogP contribution in [0.2, 0.25) is 0 Å². The van der Waals surface area contributed by atoms with Gasteiger partial charge in [-0.25, -0.2) is 4.99 Å². The summed E-state index contributed by atoms with van der Waals surface area (Å²) in [4.78, 5) is 17.1. The summed E-state index contributed by atoms with van der Waals surface area (Å²) < 4.78 is 11.2. The first-order valence-corrected chi connectivity index (χ1v) is 11.3. The molecular weight excluding hydrogens is 380 g/mol. The second-order valence-electron chi connectivity index (χ2n) is 8.04. The first kappa shape index (κ1) is 22.6. The van der Waals surface area contributed by atoms with Crippen LogP contribution in [0.15, 0.2) is 29.3 Å². The summed E-state index contributed by atoms with van der Waals surface area (Å²) in [5.74, 6) is 1.53. The van der Waals surface area contributed by atoms with Crippen molar-refractivity contribution < 1.29 is 14.3 Å². The lowest BCUT2D eigenvalue weighted by atomic mass is 10.1. The number of carbonyl (C=O) groups excluding carboxylic acids is 1. The quantitative estimate of drug-likeness (QED) is 0.277.